The highest BCUT2D eigenvalue weighted by atomic mass is 32.2. The first-order valence-electron chi connectivity index (χ1n) is 8.20. The van der Waals surface area contributed by atoms with Crippen molar-refractivity contribution in [3.05, 3.63) is 0 Å². The van der Waals surface area contributed by atoms with Crippen LogP contribution in [0.5, 0.6) is 0 Å². The maximum absolute atomic E-state index is 12.4. The molecule has 0 aliphatic heterocycles. The van der Waals surface area contributed by atoms with E-state index in [2.05, 4.69) is 5.32 Å². The minimum atomic E-state index is -0.638. The van der Waals surface area contributed by atoms with E-state index in [1.165, 1.54) is 11.8 Å². The average Bonchev–Trinajstić information content (AvgIpc) is 2.80. The van der Waals surface area contributed by atoms with Gasteiger partial charge in [0, 0.05) is 18.1 Å². The van der Waals surface area contributed by atoms with Crippen molar-refractivity contribution < 1.29 is 19.1 Å². The van der Waals surface area contributed by atoms with Crippen LogP contribution in [-0.2, 0) is 19.1 Å². The van der Waals surface area contributed by atoms with Crippen LogP contribution < -0.4 is 5.32 Å². The van der Waals surface area contributed by atoms with Crippen molar-refractivity contribution in [2.24, 2.45) is 11.8 Å². The highest BCUT2D eigenvalue weighted by molar-refractivity contribution is 8.14. The Balaban J connectivity index is 2.62. The molecule has 0 bridgehead atoms. The molecule has 1 aliphatic carbocycles. The molecule has 0 aromatic rings. The van der Waals surface area contributed by atoms with Gasteiger partial charge in [0.05, 0.1) is 0 Å². The molecule has 132 valence electrons. The largest absolute Gasteiger partial charge is 0.458 e. The Labute approximate surface area is 143 Å². The summed E-state index contributed by atoms with van der Waals surface area (Å²) >= 11 is 1.31. The standard InChI is InChI=1S/C17H29NO4S/c1-10(2)14(16(21)22-17(4,5)6)18-15(20)12-7-8-13(9-12)23-11(3)19/h10,12-14H,7-9H2,1-6H3,(H,18,20)/t12?,13?,14-/m0/s1. The number of rotatable bonds is 5. The Kier molecular flexibility index (Phi) is 7.11. The molecule has 1 aliphatic rings. The Morgan fingerprint density at radius 3 is 2.26 bits per heavy atom. The smallest absolute Gasteiger partial charge is 0.329 e. The number of carbonyl (C=O) groups is 3. The molecule has 1 fully saturated rings. The highest BCUT2D eigenvalue weighted by Gasteiger charge is 2.35. The van der Waals surface area contributed by atoms with Gasteiger partial charge in [0.2, 0.25) is 5.91 Å². The Hall–Kier alpha value is -1.04. The van der Waals surface area contributed by atoms with Crippen LogP contribution in [0, 0.1) is 11.8 Å². The van der Waals surface area contributed by atoms with Gasteiger partial charge >= 0.3 is 5.97 Å². The molecule has 0 heterocycles. The average molecular weight is 343 g/mol. The maximum atomic E-state index is 12.4. The van der Waals surface area contributed by atoms with Crippen LogP contribution in [0.1, 0.15) is 60.8 Å². The zero-order valence-corrected chi connectivity index (χ0v) is 15.8. The van der Waals surface area contributed by atoms with Crippen LogP contribution in [0.2, 0.25) is 0 Å². The van der Waals surface area contributed by atoms with Gasteiger partial charge in [-0.25, -0.2) is 4.79 Å². The minimum Gasteiger partial charge on any atom is -0.458 e. The van der Waals surface area contributed by atoms with Crippen molar-refractivity contribution in [1.29, 1.82) is 0 Å². The number of carbonyl (C=O) groups excluding carboxylic acids is 3. The summed E-state index contributed by atoms with van der Waals surface area (Å²) in [6.07, 6.45) is 2.31. The topological polar surface area (TPSA) is 72.5 Å². The first-order valence-corrected chi connectivity index (χ1v) is 9.08. The van der Waals surface area contributed by atoms with E-state index in [0.717, 1.165) is 12.8 Å². The molecule has 5 nitrogen and oxygen atoms in total. The number of nitrogens with one attached hydrogen (secondary N) is 1. The molecule has 1 amide bonds. The molecule has 2 unspecified atom stereocenters. The number of hydrogen-bond acceptors (Lipinski definition) is 5. The number of hydrogen-bond donors (Lipinski definition) is 1. The molecule has 6 heteroatoms. The molecule has 0 aromatic heterocycles. The van der Waals surface area contributed by atoms with E-state index in [-0.39, 0.29) is 28.1 Å². The van der Waals surface area contributed by atoms with Crippen molar-refractivity contribution in [2.45, 2.75) is 77.7 Å². The second-order valence-electron chi connectivity index (χ2n) is 7.51. The molecule has 23 heavy (non-hydrogen) atoms. The number of amides is 1. The van der Waals surface area contributed by atoms with E-state index >= 15 is 0 Å². The van der Waals surface area contributed by atoms with Gasteiger partial charge in [0.25, 0.3) is 0 Å². The van der Waals surface area contributed by atoms with Gasteiger partial charge in [-0.3, -0.25) is 9.59 Å². The lowest BCUT2D eigenvalue weighted by atomic mass is 10.0. The van der Waals surface area contributed by atoms with Crippen molar-refractivity contribution in [2.75, 3.05) is 0 Å². The lowest BCUT2D eigenvalue weighted by Crippen LogP contribution is -2.48. The molecule has 0 spiro atoms. The summed E-state index contributed by atoms with van der Waals surface area (Å²) in [5.41, 5.74) is -0.578. The summed E-state index contributed by atoms with van der Waals surface area (Å²) in [6.45, 7) is 10.8. The molecular formula is C17H29NO4S. The zero-order valence-electron chi connectivity index (χ0n) is 15.0. The van der Waals surface area contributed by atoms with Crippen LogP contribution in [-0.4, -0.2) is 33.9 Å². The Morgan fingerprint density at radius 2 is 1.78 bits per heavy atom. The lowest BCUT2D eigenvalue weighted by Gasteiger charge is -2.27. The van der Waals surface area contributed by atoms with Gasteiger partial charge in [-0.15, -0.1) is 0 Å². The minimum absolute atomic E-state index is 0.0439. The van der Waals surface area contributed by atoms with E-state index in [0.29, 0.717) is 6.42 Å². The summed E-state index contributed by atoms with van der Waals surface area (Å²) in [5, 5.41) is 3.15. The monoisotopic (exact) mass is 343 g/mol. The van der Waals surface area contributed by atoms with Gasteiger partial charge in [-0.05, 0) is 46.0 Å². The number of thioether (sulfide) groups is 1. The molecule has 0 radical (unpaired) electrons. The molecule has 0 saturated heterocycles. The van der Waals surface area contributed by atoms with Crippen molar-refractivity contribution in [3.8, 4) is 0 Å². The van der Waals surface area contributed by atoms with Crippen LogP contribution in [0.4, 0.5) is 0 Å². The first kappa shape index (κ1) is 20.0. The van der Waals surface area contributed by atoms with E-state index in [1.807, 2.05) is 34.6 Å². The number of ether oxygens (including phenoxy) is 1. The van der Waals surface area contributed by atoms with Crippen molar-refractivity contribution >= 4 is 28.8 Å². The molecule has 1 N–H and O–H groups in total. The third-order valence-electron chi connectivity index (χ3n) is 3.71. The maximum Gasteiger partial charge on any atom is 0.329 e. The Bertz CT molecular complexity index is 456. The van der Waals surface area contributed by atoms with Gasteiger partial charge in [-0.2, -0.15) is 0 Å². The second kappa shape index (κ2) is 8.18. The van der Waals surface area contributed by atoms with Crippen LogP contribution >= 0.6 is 11.8 Å². The second-order valence-corrected chi connectivity index (χ2v) is 8.98. The highest BCUT2D eigenvalue weighted by Crippen LogP contribution is 2.34. The summed E-state index contributed by atoms with van der Waals surface area (Å²) in [6, 6.07) is -0.638. The van der Waals surface area contributed by atoms with Crippen LogP contribution in [0.3, 0.4) is 0 Å². The fourth-order valence-corrected chi connectivity index (χ4v) is 3.71. The van der Waals surface area contributed by atoms with Crippen molar-refractivity contribution in [3.63, 3.8) is 0 Å². The van der Waals surface area contributed by atoms with E-state index in [9.17, 15) is 14.4 Å². The van der Waals surface area contributed by atoms with Gasteiger partial charge in [-0.1, -0.05) is 25.6 Å². The zero-order chi connectivity index (χ0) is 17.8. The molecular weight excluding hydrogens is 314 g/mol. The van der Waals surface area contributed by atoms with Gasteiger partial charge in [0.1, 0.15) is 11.6 Å². The van der Waals surface area contributed by atoms with E-state index in [4.69, 9.17) is 4.74 Å². The van der Waals surface area contributed by atoms with Gasteiger partial charge < -0.3 is 10.1 Å². The van der Waals surface area contributed by atoms with Crippen LogP contribution in [0.15, 0.2) is 0 Å². The first-order chi connectivity index (χ1) is 10.5. The summed E-state index contributed by atoms with van der Waals surface area (Å²) in [5.74, 6) is -0.678. The summed E-state index contributed by atoms with van der Waals surface area (Å²) in [4.78, 5) is 35.9. The van der Waals surface area contributed by atoms with Crippen molar-refractivity contribution in [1.82, 2.24) is 5.32 Å². The van der Waals surface area contributed by atoms with E-state index in [1.54, 1.807) is 6.92 Å². The fraction of sp³-hybridized carbons (Fsp3) is 0.824. The molecule has 1 rings (SSSR count). The SMILES string of the molecule is CC(=O)SC1CCC(C(=O)N[C@H](C(=O)OC(C)(C)C)C(C)C)C1. The lowest BCUT2D eigenvalue weighted by molar-refractivity contribution is -0.160. The predicted molar refractivity (Wildman–Crippen MR) is 92.0 cm³/mol. The fourth-order valence-electron chi connectivity index (χ4n) is 2.65. The molecule has 1 saturated carbocycles. The molecule has 0 aromatic carbocycles. The van der Waals surface area contributed by atoms with Crippen LogP contribution in [0.25, 0.3) is 0 Å². The third-order valence-corrected chi connectivity index (χ3v) is 4.81. The quantitative estimate of drug-likeness (QED) is 0.777. The summed E-state index contributed by atoms with van der Waals surface area (Å²) in [7, 11) is 0. The third kappa shape index (κ3) is 6.94. The normalized spacial score (nSPS) is 22.7. The Morgan fingerprint density at radius 1 is 1.17 bits per heavy atom. The molecule has 3 atom stereocenters. The van der Waals surface area contributed by atoms with Gasteiger partial charge in [0.15, 0.2) is 5.12 Å². The number of esters is 1. The predicted octanol–water partition coefficient (Wildman–Crippen LogP) is 2.92. The van der Waals surface area contributed by atoms with E-state index < -0.39 is 17.6 Å². The summed E-state index contributed by atoms with van der Waals surface area (Å²) < 4.78 is 5.40.